The van der Waals surface area contributed by atoms with E-state index < -0.39 is 24.0 Å². The van der Waals surface area contributed by atoms with E-state index >= 15 is 0 Å². The van der Waals surface area contributed by atoms with Crippen LogP contribution in [0.2, 0.25) is 0 Å². The molecule has 8 heteroatoms. The number of primary amides is 1. The molecule has 8 nitrogen and oxygen atoms in total. The number of rotatable bonds is 11. The zero-order chi connectivity index (χ0) is 22.3. The summed E-state index contributed by atoms with van der Waals surface area (Å²) in [6.07, 6.45) is 1.79. The number of ether oxygens (including phenoxy) is 2. The highest BCUT2D eigenvalue weighted by atomic mass is 16.5. The van der Waals surface area contributed by atoms with Crippen LogP contribution in [-0.4, -0.2) is 79.6 Å². The van der Waals surface area contributed by atoms with Gasteiger partial charge in [-0.3, -0.25) is 14.4 Å². The lowest BCUT2D eigenvalue weighted by Gasteiger charge is -2.38. The molecule has 1 aliphatic heterocycles. The van der Waals surface area contributed by atoms with Crippen LogP contribution in [0, 0.1) is 11.8 Å². The molecule has 1 heterocycles. The zero-order valence-corrected chi connectivity index (χ0v) is 19.0. The van der Waals surface area contributed by atoms with Gasteiger partial charge in [0.15, 0.2) is 0 Å². The van der Waals surface area contributed by atoms with Gasteiger partial charge in [0.25, 0.3) is 0 Å². The SMILES string of the molecule is CCC(C)C(C(CC(=O)N1CCCC1C(OC)C(C)C(N)=O)OC)N(C)C(C)=O. The number of methoxy groups -OCH3 is 2. The molecular weight excluding hydrogens is 374 g/mol. The number of likely N-dealkylation sites (N-methyl/N-ethyl adjacent to an activating group) is 1. The lowest BCUT2D eigenvalue weighted by Crippen LogP contribution is -2.52. The van der Waals surface area contributed by atoms with E-state index in [4.69, 9.17) is 15.2 Å². The molecule has 6 atom stereocenters. The van der Waals surface area contributed by atoms with E-state index in [0.29, 0.717) is 6.54 Å². The van der Waals surface area contributed by atoms with Crippen molar-refractivity contribution in [1.29, 1.82) is 0 Å². The average Bonchev–Trinajstić information content (AvgIpc) is 3.16. The molecule has 0 aromatic heterocycles. The summed E-state index contributed by atoms with van der Waals surface area (Å²) in [5, 5.41) is 0. The van der Waals surface area contributed by atoms with E-state index in [1.807, 2.05) is 0 Å². The van der Waals surface area contributed by atoms with Gasteiger partial charge in [-0.05, 0) is 18.8 Å². The molecule has 0 aromatic rings. The van der Waals surface area contributed by atoms with Crippen LogP contribution in [0.4, 0.5) is 0 Å². The fraction of sp³-hybridized carbons (Fsp3) is 0.857. The summed E-state index contributed by atoms with van der Waals surface area (Å²) in [4.78, 5) is 40.4. The van der Waals surface area contributed by atoms with Gasteiger partial charge in [-0.25, -0.2) is 0 Å². The number of hydrogen-bond donors (Lipinski definition) is 1. The van der Waals surface area contributed by atoms with Crippen molar-refractivity contribution in [3.05, 3.63) is 0 Å². The van der Waals surface area contributed by atoms with E-state index in [9.17, 15) is 14.4 Å². The number of likely N-dealkylation sites (tertiary alicyclic amines) is 1. The van der Waals surface area contributed by atoms with Gasteiger partial charge in [0.2, 0.25) is 17.7 Å². The lowest BCUT2D eigenvalue weighted by molar-refractivity contribution is -0.144. The molecule has 0 spiro atoms. The van der Waals surface area contributed by atoms with E-state index in [0.717, 1.165) is 19.3 Å². The summed E-state index contributed by atoms with van der Waals surface area (Å²) in [5.74, 6) is -0.862. The molecule has 2 N–H and O–H groups in total. The van der Waals surface area contributed by atoms with Crippen molar-refractivity contribution in [3.63, 3.8) is 0 Å². The summed E-state index contributed by atoms with van der Waals surface area (Å²) in [6.45, 7) is 7.99. The highest BCUT2D eigenvalue weighted by Crippen LogP contribution is 2.28. The van der Waals surface area contributed by atoms with E-state index in [1.165, 1.54) is 6.92 Å². The maximum atomic E-state index is 13.2. The van der Waals surface area contributed by atoms with Gasteiger partial charge in [0.05, 0.1) is 36.6 Å². The van der Waals surface area contributed by atoms with Crippen LogP contribution in [0.15, 0.2) is 0 Å². The first kappa shape index (κ1) is 25.4. The number of carbonyl (C=O) groups excluding carboxylic acids is 3. The Balaban J connectivity index is 3.02. The predicted molar refractivity (Wildman–Crippen MR) is 111 cm³/mol. The molecular formula is C21H39N3O5. The van der Waals surface area contributed by atoms with Gasteiger partial charge in [0.1, 0.15) is 0 Å². The molecule has 0 radical (unpaired) electrons. The Hall–Kier alpha value is -1.67. The first-order valence-electron chi connectivity index (χ1n) is 10.5. The van der Waals surface area contributed by atoms with Gasteiger partial charge in [-0.1, -0.05) is 27.2 Å². The van der Waals surface area contributed by atoms with Crippen LogP contribution in [0.5, 0.6) is 0 Å². The second-order valence-electron chi connectivity index (χ2n) is 8.17. The normalized spacial score (nSPS) is 21.9. The van der Waals surface area contributed by atoms with Crippen molar-refractivity contribution in [2.45, 2.75) is 77.7 Å². The quantitative estimate of drug-likeness (QED) is 0.552. The third-order valence-corrected chi connectivity index (χ3v) is 6.44. The minimum atomic E-state index is -0.492. The topological polar surface area (TPSA) is 102 Å². The molecule has 0 saturated carbocycles. The number of carbonyl (C=O) groups is 3. The summed E-state index contributed by atoms with van der Waals surface area (Å²) in [5.41, 5.74) is 5.47. The van der Waals surface area contributed by atoms with Crippen LogP contribution in [0.1, 0.15) is 53.4 Å². The van der Waals surface area contributed by atoms with Gasteiger partial charge in [0, 0.05) is 34.7 Å². The van der Waals surface area contributed by atoms with Crippen molar-refractivity contribution >= 4 is 17.7 Å². The summed E-state index contributed by atoms with van der Waals surface area (Å²) >= 11 is 0. The predicted octanol–water partition coefficient (Wildman–Crippen LogP) is 1.41. The summed E-state index contributed by atoms with van der Waals surface area (Å²) in [7, 11) is 4.88. The van der Waals surface area contributed by atoms with Crippen molar-refractivity contribution in [3.8, 4) is 0 Å². The fourth-order valence-electron chi connectivity index (χ4n) is 4.38. The Bertz CT molecular complexity index is 571. The van der Waals surface area contributed by atoms with Crippen molar-refractivity contribution in [1.82, 2.24) is 9.80 Å². The Morgan fingerprint density at radius 1 is 1.21 bits per heavy atom. The monoisotopic (exact) mass is 413 g/mol. The molecule has 1 saturated heterocycles. The van der Waals surface area contributed by atoms with Crippen LogP contribution >= 0.6 is 0 Å². The van der Waals surface area contributed by atoms with Gasteiger partial charge < -0.3 is 25.0 Å². The minimum absolute atomic E-state index is 0.0525. The number of nitrogens with two attached hydrogens (primary N) is 1. The van der Waals surface area contributed by atoms with Gasteiger partial charge in [-0.15, -0.1) is 0 Å². The Morgan fingerprint density at radius 2 is 1.83 bits per heavy atom. The van der Waals surface area contributed by atoms with Crippen LogP contribution < -0.4 is 5.73 Å². The maximum Gasteiger partial charge on any atom is 0.225 e. The highest BCUT2D eigenvalue weighted by Gasteiger charge is 2.41. The maximum absolute atomic E-state index is 13.2. The van der Waals surface area contributed by atoms with Crippen molar-refractivity contribution in [2.75, 3.05) is 27.8 Å². The standard InChI is InChI=1S/C21H39N3O5/c1-8-13(2)19(23(5)15(4)25)17(28-6)12-18(26)24-11-9-10-16(24)20(29-7)14(3)21(22)27/h13-14,16-17,19-20H,8-12H2,1-7H3,(H2,22,27). The summed E-state index contributed by atoms with van der Waals surface area (Å²) in [6, 6.07) is -0.393. The Labute approximate surface area is 175 Å². The second-order valence-corrected chi connectivity index (χ2v) is 8.17. The van der Waals surface area contributed by atoms with Crippen LogP contribution in [0.3, 0.4) is 0 Å². The number of nitrogens with zero attached hydrogens (tertiary/aromatic N) is 2. The van der Waals surface area contributed by atoms with Gasteiger partial charge >= 0.3 is 0 Å². The molecule has 1 fully saturated rings. The lowest BCUT2D eigenvalue weighted by atomic mass is 9.90. The third-order valence-electron chi connectivity index (χ3n) is 6.44. The van der Waals surface area contributed by atoms with Crippen molar-refractivity contribution in [2.24, 2.45) is 17.6 Å². The highest BCUT2D eigenvalue weighted by molar-refractivity contribution is 5.79. The minimum Gasteiger partial charge on any atom is -0.379 e. The largest absolute Gasteiger partial charge is 0.379 e. The molecule has 29 heavy (non-hydrogen) atoms. The van der Waals surface area contributed by atoms with E-state index in [-0.39, 0.29) is 36.2 Å². The number of hydrogen-bond acceptors (Lipinski definition) is 5. The van der Waals surface area contributed by atoms with Crippen molar-refractivity contribution < 1.29 is 23.9 Å². The fourth-order valence-corrected chi connectivity index (χ4v) is 4.38. The molecule has 0 aromatic carbocycles. The molecule has 1 rings (SSSR count). The molecule has 0 bridgehead atoms. The first-order chi connectivity index (χ1) is 13.6. The van der Waals surface area contributed by atoms with Crippen LogP contribution in [0.25, 0.3) is 0 Å². The zero-order valence-electron chi connectivity index (χ0n) is 19.0. The molecule has 1 aliphatic rings. The van der Waals surface area contributed by atoms with Gasteiger partial charge in [-0.2, -0.15) is 0 Å². The van der Waals surface area contributed by atoms with E-state index in [2.05, 4.69) is 13.8 Å². The molecule has 6 unspecified atom stereocenters. The molecule has 3 amide bonds. The summed E-state index contributed by atoms with van der Waals surface area (Å²) < 4.78 is 11.3. The Morgan fingerprint density at radius 3 is 2.28 bits per heavy atom. The first-order valence-corrected chi connectivity index (χ1v) is 10.5. The Kier molecular flexibility index (Phi) is 10.1. The van der Waals surface area contributed by atoms with Crippen LogP contribution in [-0.2, 0) is 23.9 Å². The van der Waals surface area contributed by atoms with E-state index in [1.54, 1.807) is 38.0 Å². The second kappa shape index (κ2) is 11.5. The smallest absolute Gasteiger partial charge is 0.225 e. The third kappa shape index (κ3) is 6.15. The molecule has 168 valence electrons. The average molecular weight is 414 g/mol. The molecule has 0 aliphatic carbocycles. The number of amides is 3.